The van der Waals surface area contributed by atoms with Gasteiger partial charge in [-0.25, -0.2) is 4.79 Å². The number of nitrogens with two attached hydrogens (primary N) is 3. The summed E-state index contributed by atoms with van der Waals surface area (Å²) in [4.78, 5) is 228. The number of nitrogens with one attached hydrogen (secondary N) is 11. The minimum atomic E-state index is -1.95. The molecule has 3 aromatic rings. The molecule has 1 saturated heterocycles. The first-order valence-corrected chi connectivity index (χ1v) is 35.5. The number of esters is 1. The maximum Gasteiger partial charge on any atom is 0.329 e. The quantitative estimate of drug-likeness (QED) is 0.0406. The van der Waals surface area contributed by atoms with Crippen LogP contribution in [0.25, 0.3) is 10.9 Å². The molecular formula is C71H106N16O20. The first-order valence-electron chi connectivity index (χ1n) is 35.5. The standard InChI is InChI=1S/C71H106N16O20/c1-37(2)17-15-20-43-30-57(92)78-53(36-89)68(103)83-51(32-56(74)91)67(102)85-52(35-88)61(96)76-34-58(93)86(8)54(28-41-18-11-10-12-19-41)69(104)84-48(27-38(3)4)65(100)79-46(23-16-26-72)62(97)80-47(24-25-59(94)95)63(98)82-50(31-55(73)90)66(101)81-49(29-42-33-75-45-22-14-13-21-44(42)45)64(99)77-40(7)70(105)87(9)60(39(5)6)71(106)107-43/h10-14,18-19,21-22,33,37-40,43,46-54,60,75,88-89H,15-17,20,23-32,34-36,72H2,1-9H3,(H2,73,90)(H2,74,91)(H,76,96)(H,77,99)(H,78,92)(H,79,100)(H,80,97)(H,81,101)(H,82,98)(H,83,103)(H,84,104)(H,85,102)(H,94,95)/t40-,43-,46-,47+,48+,49-,50-,51-,52+,53+,54-,60+/m1/s1. The number of carboxylic acid groups (broad SMARTS) is 1. The van der Waals surface area contributed by atoms with Crippen molar-refractivity contribution in [2.24, 2.45) is 35.0 Å². The Morgan fingerprint density at radius 3 is 1.62 bits per heavy atom. The zero-order chi connectivity index (χ0) is 79.9. The highest BCUT2D eigenvalue weighted by atomic mass is 16.5. The van der Waals surface area contributed by atoms with Crippen LogP contribution in [0.1, 0.15) is 130 Å². The number of nitrogens with zero attached hydrogens (tertiary/aromatic N) is 2. The summed E-state index contributed by atoms with van der Waals surface area (Å²) in [7, 11) is 2.47. The van der Waals surface area contributed by atoms with Crippen LogP contribution in [-0.4, -0.2) is 238 Å². The van der Waals surface area contributed by atoms with E-state index in [1.54, 1.807) is 88.5 Å². The average molecular weight is 1500 g/mol. The minimum absolute atomic E-state index is 0.0394. The van der Waals surface area contributed by atoms with Crippen molar-refractivity contribution in [3.05, 3.63) is 71.9 Å². The second-order valence-electron chi connectivity index (χ2n) is 27.7. The molecule has 1 aromatic heterocycles. The van der Waals surface area contributed by atoms with E-state index in [4.69, 9.17) is 21.9 Å². The lowest BCUT2D eigenvalue weighted by Crippen LogP contribution is -2.61. The summed E-state index contributed by atoms with van der Waals surface area (Å²) in [6.45, 7) is 8.55. The van der Waals surface area contributed by atoms with E-state index < -0.39 is 225 Å². The summed E-state index contributed by atoms with van der Waals surface area (Å²) in [5, 5.41) is 55.4. The number of benzene rings is 2. The van der Waals surface area contributed by atoms with Crippen LogP contribution in [0.5, 0.6) is 0 Å². The summed E-state index contributed by atoms with van der Waals surface area (Å²) < 4.78 is 5.97. The molecule has 14 amide bonds. The molecule has 1 fully saturated rings. The summed E-state index contributed by atoms with van der Waals surface area (Å²) >= 11 is 0. The number of aromatic nitrogens is 1. The average Bonchev–Trinajstić information content (AvgIpc) is 1.74. The van der Waals surface area contributed by atoms with E-state index in [2.05, 4.69) is 58.2 Å². The largest absolute Gasteiger partial charge is 0.481 e. The summed E-state index contributed by atoms with van der Waals surface area (Å²) in [5.41, 5.74) is 18.6. The van der Waals surface area contributed by atoms with Crippen LogP contribution >= 0.6 is 0 Å². The zero-order valence-corrected chi connectivity index (χ0v) is 61.9. The topological polar surface area (TPSA) is 564 Å². The first-order chi connectivity index (χ1) is 50.5. The van der Waals surface area contributed by atoms with E-state index in [1.807, 2.05) is 13.8 Å². The SMILES string of the molecule is CC(C)CCC[C@@H]1CC(=O)N[C@@H](CO)C(=O)N[C@H](CC(N)=O)C(=O)N[C@@H](CO)C(=O)NCC(=O)N(C)[C@H](Cc2ccccc2)C(=O)N[C@@H](CC(C)C)C(=O)N[C@H](CCCN)C(=O)N[C@@H](CCC(=O)O)C(=O)N[C@H](CC(N)=O)C(=O)N[C@H](Cc2c[nH]c3ccccc23)C(=O)N[C@H](C)C(=O)N(C)[C@@H](C(C)C)C(=O)O1. The Kier molecular flexibility index (Phi) is 36.3. The Hall–Kier alpha value is -10.6. The number of aliphatic hydroxyl groups is 2. The van der Waals surface area contributed by atoms with Crippen LogP contribution in [0.3, 0.4) is 0 Å². The maximum atomic E-state index is 14.7. The number of carboxylic acids is 1. The smallest absolute Gasteiger partial charge is 0.329 e. The van der Waals surface area contributed by atoms with Gasteiger partial charge in [-0.15, -0.1) is 0 Å². The van der Waals surface area contributed by atoms with E-state index in [1.165, 1.54) is 21.0 Å². The van der Waals surface area contributed by atoms with E-state index in [0.29, 0.717) is 34.9 Å². The van der Waals surface area contributed by atoms with Gasteiger partial charge >= 0.3 is 11.9 Å². The molecule has 36 heteroatoms. The van der Waals surface area contributed by atoms with Crippen molar-refractivity contribution in [3.63, 3.8) is 0 Å². The number of hydrogen-bond donors (Lipinski definition) is 17. The highest BCUT2D eigenvalue weighted by Crippen LogP contribution is 2.22. The van der Waals surface area contributed by atoms with Gasteiger partial charge in [-0.3, -0.25) is 71.9 Å². The summed E-state index contributed by atoms with van der Waals surface area (Å²) in [5.74, 6) is -18.6. The summed E-state index contributed by atoms with van der Waals surface area (Å²) in [6.07, 6.45) is -3.33. The Morgan fingerprint density at radius 2 is 1.07 bits per heavy atom. The van der Waals surface area contributed by atoms with Crippen molar-refractivity contribution in [1.29, 1.82) is 0 Å². The molecule has 0 aliphatic carbocycles. The molecule has 0 spiro atoms. The molecule has 590 valence electrons. The lowest BCUT2D eigenvalue weighted by molar-refractivity contribution is -0.162. The van der Waals surface area contributed by atoms with Gasteiger partial charge in [0.05, 0.1) is 39.0 Å². The molecule has 1 aliphatic heterocycles. The molecule has 36 nitrogen and oxygen atoms in total. The van der Waals surface area contributed by atoms with Crippen molar-refractivity contribution < 1.29 is 96.8 Å². The van der Waals surface area contributed by atoms with Crippen LogP contribution in [0, 0.1) is 17.8 Å². The second-order valence-corrected chi connectivity index (χ2v) is 27.7. The number of carbonyl (C=O) groups is 16. The molecule has 0 saturated carbocycles. The van der Waals surface area contributed by atoms with Crippen molar-refractivity contribution >= 4 is 106 Å². The van der Waals surface area contributed by atoms with Crippen LogP contribution in [-0.2, 0) is 94.3 Å². The third-order valence-corrected chi connectivity index (χ3v) is 17.6. The third-order valence-electron chi connectivity index (χ3n) is 17.6. The van der Waals surface area contributed by atoms with Gasteiger partial charge in [0, 0.05) is 50.5 Å². The van der Waals surface area contributed by atoms with Crippen molar-refractivity contribution in [2.45, 2.75) is 205 Å². The number of fused-ring (bicyclic) bond motifs is 1. The number of ether oxygens (including phenoxy) is 1. The fourth-order valence-electron chi connectivity index (χ4n) is 11.8. The van der Waals surface area contributed by atoms with Crippen LogP contribution in [0.4, 0.5) is 0 Å². The van der Waals surface area contributed by atoms with E-state index in [-0.39, 0.29) is 56.9 Å². The van der Waals surface area contributed by atoms with Crippen LogP contribution in [0.2, 0.25) is 0 Å². The molecule has 0 unspecified atom stereocenters. The highest BCUT2D eigenvalue weighted by molar-refractivity contribution is 6.01. The predicted molar refractivity (Wildman–Crippen MR) is 386 cm³/mol. The van der Waals surface area contributed by atoms with Gasteiger partial charge in [0.1, 0.15) is 72.6 Å². The Morgan fingerprint density at radius 1 is 0.561 bits per heavy atom. The Labute approximate surface area is 619 Å². The van der Waals surface area contributed by atoms with Crippen LogP contribution < -0.4 is 70.4 Å². The molecule has 1 aliphatic rings. The lowest BCUT2D eigenvalue weighted by atomic mass is 9.99. The van der Waals surface area contributed by atoms with Crippen molar-refractivity contribution in [3.8, 4) is 0 Å². The number of carbonyl (C=O) groups excluding carboxylic acids is 15. The number of rotatable bonds is 23. The first kappa shape index (κ1) is 88.8. The fourth-order valence-corrected chi connectivity index (χ4v) is 11.8. The predicted octanol–water partition coefficient (Wildman–Crippen LogP) is -3.71. The van der Waals surface area contributed by atoms with E-state index in [0.717, 1.165) is 9.80 Å². The normalized spacial score (nSPS) is 24.4. The van der Waals surface area contributed by atoms with Gasteiger partial charge in [-0.05, 0) is 86.9 Å². The highest BCUT2D eigenvalue weighted by Gasteiger charge is 2.40. The van der Waals surface area contributed by atoms with Gasteiger partial charge in [-0.1, -0.05) is 96.5 Å². The Balaban J connectivity index is 1.87. The molecule has 12 atom stereocenters. The number of cyclic esters (lactones) is 1. The molecule has 0 radical (unpaired) electrons. The van der Waals surface area contributed by atoms with Crippen LogP contribution in [0.15, 0.2) is 60.8 Å². The maximum absolute atomic E-state index is 14.7. The number of likely N-dealkylation sites (N-methyl/N-ethyl adjacent to an activating group) is 2. The molecule has 4 rings (SSSR count). The Bertz CT molecular complexity index is 3610. The van der Waals surface area contributed by atoms with Crippen molar-refractivity contribution in [1.82, 2.24) is 68.0 Å². The molecule has 0 bridgehead atoms. The molecule has 20 N–H and O–H groups in total. The lowest BCUT2D eigenvalue weighted by Gasteiger charge is -2.33. The number of aliphatic hydroxyl groups excluding tert-OH is 2. The van der Waals surface area contributed by atoms with Gasteiger partial charge in [0.25, 0.3) is 0 Å². The second kappa shape index (κ2) is 43.7. The van der Waals surface area contributed by atoms with E-state index >= 15 is 0 Å². The molecule has 2 aromatic carbocycles. The van der Waals surface area contributed by atoms with Gasteiger partial charge in [0.2, 0.25) is 82.7 Å². The van der Waals surface area contributed by atoms with Gasteiger partial charge < -0.3 is 105 Å². The zero-order valence-electron chi connectivity index (χ0n) is 61.9. The number of aliphatic carboxylic acids is 1. The third kappa shape index (κ3) is 29.0. The van der Waals surface area contributed by atoms with Gasteiger partial charge in [-0.2, -0.15) is 0 Å². The van der Waals surface area contributed by atoms with Crippen molar-refractivity contribution in [2.75, 3.05) is 40.4 Å². The fraction of sp³-hybridized carbons (Fsp3) is 0.577. The minimum Gasteiger partial charge on any atom is -0.481 e. The molecular weight excluding hydrogens is 1400 g/mol. The molecule has 107 heavy (non-hydrogen) atoms. The number of para-hydroxylation sites is 1. The monoisotopic (exact) mass is 1500 g/mol. The molecule has 2 heterocycles. The van der Waals surface area contributed by atoms with Gasteiger partial charge in [0.15, 0.2) is 0 Å². The number of amides is 14. The van der Waals surface area contributed by atoms with E-state index in [9.17, 15) is 92.0 Å². The number of hydrogen-bond acceptors (Lipinski definition) is 20. The number of H-pyrrole nitrogens is 1. The number of aromatic amines is 1. The summed E-state index contributed by atoms with van der Waals surface area (Å²) in [6, 6.07) is -3.33. The number of primary amides is 2.